The van der Waals surface area contributed by atoms with E-state index in [1.165, 1.54) is 0 Å². The lowest BCUT2D eigenvalue weighted by Gasteiger charge is -2.03. The fourth-order valence-corrected chi connectivity index (χ4v) is 3.04. The van der Waals surface area contributed by atoms with Crippen molar-refractivity contribution in [3.05, 3.63) is 47.5 Å². The zero-order valence-corrected chi connectivity index (χ0v) is 14.0. The molecule has 5 heteroatoms. The quantitative estimate of drug-likeness (QED) is 0.618. The number of furan rings is 1. The molecule has 0 aliphatic carbocycles. The second-order valence-corrected chi connectivity index (χ2v) is 5.87. The Hall–Kier alpha value is -2.82. The number of carbonyl (C=O) groups is 2. The average Bonchev–Trinajstić information content (AvgIpc) is 2.98. The zero-order chi connectivity index (χ0) is 17.8. The van der Waals surface area contributed by atoms with Crippen molar-refractivity contribution in [3.8, 4) is 0 Å². The van der Waals surface area contributed by atoms with Crippen LogP contribution >= 0.6 is 0 Å². The molecule has 0 saturated carbocycles. The molecule has 0 aliphatic rings. The van der Waals surface area contributed by atoms with Gasteiger partial charge in [-0.2, -0.15) is 0 Å². The van der Waals surface area contributed by atoms with E-state index in [4.69, 9.17) is 9.15 Å². The molecule has 0 fully saturated rings. The number of benzene rings is 2. The standard InChI is InChI=1S/C20H20O5/c1-2-24-18(23)12-10-14-6-4-8-16-15-7-3-5-13(9-11-17(21)22)19(15)25-20(14)16/h3-8H,2,9-12H2,1H3,(H,21,22)/p-1. The molecule has 0 bridgehead atoms. The van der Waals surface area contributed by atoms with Gasteiger partial charge >= 0.3 is 5.97 Å². The Balaban J connectivity index is 1.98. The number of hydrogen-bond donors (Lipinski definition) is 0. The van der Waals surface area contributed by atoms with Crippen LogP contribution in [0.2, 0.25) is 0 Å². The Labute approximate surface area is 145 Å². The van der Waals surface area contributed by atoms with Crippen LogP contribution in [-0.4, -0.2) is 18.5 Å². The first-order valence-corrected chi connectivity index (χ1v) is 8.37. The summed E-state index contributed by atoms with van der Waals surface area (Å²) in [5, 5.41) is 12.7. The summed E-state index contributed by atoms with van der Waals surface area (Å²) < 4.78 is 11.1. The maximum atomic E-state index is 11.6. The molecule has 3 aromatic rings. The summed E-state index contributed by atoms with van der Waals surface area (Å²) in [5.74, 6) is -1.31. The Bertz CT molecular complexity index is 922. The minimum absolute atomic E-state index is 0.0497. The van der Waals surface area contributed by atoms with E-state index in [9.17, 15) is 14.7 Å². The molecule has 0 spiro atoms. The van der Waals surface area contributed by atoms with Gasteiger partial charge in [0.05, 0.1) is 6.61 Å². The van der Waals surface area contributed by atoms with E-state index in [0.717, 1.165) is 27.5 Å². The SMILES string of the molecule is CCOC(=O)CCc1cccc2c1oc1c(CCC(=O)[O-])cccc12. The van der Waals surface area contributed by atoms with E-state index in [-0.39, 0.29) is 12.4 Å². The number of fused-ring (bicyclic) bond motifs is 3. The molecule has 1 heterocycles. The number of carboxylic acid groups (broad SMARTS) is 1. The number of carbonyl (C=O) groups excluding carboxylic acids is 2. The van der Waals surface area contributed by atoms with E-state index in [0.29, 0.717) is 31.5 Å². The highest BCUT2D eigenvalue weighted by molar-refractivity contribution is 6.06. The molecular formula is C20H19O5-. The summed E-state index contributed by atoms with van der Waals surface area (Å²) in [7, 11) is 0. The molecule has 3 rings (SSSR count). The number of rotatable bonds is 7. The first kappa shape index (κ1) is 17.0. The molecule has 0 unspecified atom stereocenters. The Morgan fingerprint density at radius 1 is 0.960 bits per heavy atom. The number of para-hydroxylation sites is 2. The highest BCUT2D eigenvalue weighted by atomic mass is 16.5. The van der Waals surface area contributed by atoms with Gasteiger partial charge in [-0.15, -0.1) is 0 Å². The van der Waals surface area contributed by atoms with Gasteiger partial charge < -0.3 is 19.1 Å². The van der Waals surface area contributed by atoms with Crippen LogP contribution in [0.15, 0.2) is 40.8 Å². The van der Waals surface area contributed by atoms with Crippen molar-refractivity contribution in [1.29, 1.82) is 0 Å². The number of aliphatic carboxylic acids is 1. The lowest BCUT2D eigenvalue weighted by Crippen LogP contribution is -2.22. The third-order valence-corrected chi connectivity index (χ3v) is 4.19. The van der Waals surface area contributed by atoms with E-state index >= 15 is 0 Å². The highest BCUT2D eigenvalue weighted by Crippen LogP contribution is 2.33. The largest absolute Gasteiger partial charge is 0.550 e. The molecule has 0 saturated heterocycles. The van der Waals surface area contributed by atoms with Gasteiger partial charge in [0, 0.05) is 23.2 Å². The molecular weight excluding hydrogens is 320 g/mol. The van der Waals surface area contributed by atoms with Gasteiger partial charge in [-0.05, 0) is 37.3 Å². The Morgan fingerprint density at radius 3 is 2.04 bits per heavy atom. The van der Waals surface area contributed by atoms with Gasteiger partial charge in [0.15, 0.2) is 0 Å². The van der Waals surface area contributed by atoms with Gasteiger partial charge in [-0.25, -0.2) is 0 Å². The Kier molecular flexibility index (Phi) is 5.03. The van der Waals surface area contributed by atoms with Gasteiger partial charge in [-0.1, -0.05) is 36.4 Å². The normalized spacial score (nSPS) is 11.1. The fourth-order valence-electron chi connectivity index (χ4n) is 3.04. The maximum Gasteiger partial charge on any atom is 0.306 e. The van der Waals surface area contributed by atoms with Crippen LogP contribution in [0.4, 0.5) is 0 Å². The smallest absolute Gasteiger partial charge is 0.306 e. The van der Waals surface area contributed by atoms with Crippen molar-refractivity contribution in [1.82, 2.24) is 0 Å². The summed E-state index contributed by atoms with van der Waals surface area (Å²) in [6.45, 7) is 2.15. The number of aryl methyl sites for hydroxylation is 2. The second-order valence-electron chi connectivity index (χ2n) is 5.87. The van der Waals surface area contributed by atoms with Crippen molar-refractivity contribution in [3.63, 3.8) is 0 Å². The molecule has 0 atom stereocenters. The van der Waals surface area contributed by atoms with Crippen molar-refractivity contribution >= 4 is 33.9 Å². The van der Waals surface area contributed by atoms with Crippen LogP contribution in [0.3, 0.4) is 0 Å². The van der Waals surface area contributed by atoms with Crippen LogP contribution < -0.4 is 5.11 Å². The summed E-state index contributed by atoms with van der Waals surface area (Å²) in [6, 6.07) is 11.6. The first-order chi connectivity index (χ1) is 12.1. The van der Waals surface area contributed by atoms with Crippen molar-refractivity contribution in [2.75, 3.05) is 6.61 Å². The second kappa shape index (κ2) is 7.38. The molecule has 1 aromatic heterocycles. The first-order valence-electron chi connectivity index (χ1n) is 8.37. The predicted octanol–water partition coefficient (Wildman–Crippen LogP) is 2.76. The number of hydrogen-bond acceptors (Lipinski definition) is 5. The van der Waals surface area contributed by atoms with Crippen molar-refractivity contribution < 1.29 is 23.8 Å². The minimum atomic E-state index is -1.08. The van der Waals surface area contributed by atoms with E-state index in [1.54, 1.807) is 6.92 Å². The third-order valence-electron chi connectivity index (χ3n) is 4.19. The Morgan fingerprint density at radius 2 is 1.52 bits per heavy atom. The average molecular weight is 339 g/mol. The molecule has 0 N–H and O–H groups in total. The lowest BCUT2D eigenvalue weighted by atomic mass is 10.0. The lowest BCUT2D eigenvalue weighted by molar-refractivity contribution is -0.305. The number of ether oxygens (including phenoxy) is 1. The summed E-state index contributed by atoms with van der Waals surface area (Å²) in [4.78, 5) is 22.4. The highest BCUT2D eigenvalue weighted by Gasteiger charge is 2.14. The van der Waals surface area contributed by atoms with Crippen LogP contribution in [-0.2, 0) is 27.2 Å². The molecule has 5 nitrogen and oxygen atoms in total. The van der Waals surface area contributed by atoms with Crippen LogP contribution in [0, 0.1) is 0 Å². The topological polar surface area (TPSA) is 79.6 Å². The summed E-state index contributed by atoms with van der Waals surface area (Å²) in [5.41, 5.74) is 3.21. The zero-order valence-electron chi connectivity index (χ0n) is 14.0. The van der Waals surface area contributed by atoms with Crippen molar-refractivity contribution in [2.24, 2.45) is 0 Å². The van der Waals surface area contributed by atoms with Gasteiger partial charge in [0.2, 0.25) is 0 Å². The fraction of sp³-hybridized carbons (Fsp3) is 0.300. The molecule has 0 radical (unpaired) electrons. The molecule has 25 heavy (non-hydrogen) atoms. The molecule has 0 aliphatic heterocycles. The summed E-state index contributed by atoms with van der Waals surface area (Å²) in [6.07, 6.45) is 1.13. The van der Waals surface area contributed by atoms with E-state index in [1.807, 2.05) is 36.4 Å². The number of carboxylic acids is 1. The van der Waals surface area contributed by atoms with Gasteiger partial charge in [0.1, 0.15) is 11.2 Å². The van der Waals surface area contributed by atoms with E-state index < -0.39 is 5.97 Å². The summed E-state index contributed by atoms with van der Waals surface area (Å²) >= 11 is 0. The molecule has 130 valence electrons. The maximum absolute atomic E-state index is 11.6. The molecule has 0 amide bonds. The van der Waals surface area contributed by atoms with Crippen LogP contribution in [0.5, 0.6) is 0 Å². The van der Waals surface area contributed by atoms with Crippen molar-refractivity contribution in [2.45, 2.75) is 32.6 Å². The predicted molar refractivity (Wildman–Crippen MR) is 92.0 cm³/mol. The van der Waals surface area contributed by atoms with Gasteiger partial charge in [-0.3, -0.25) is 4.79 Å². The number of esters is 1. The van der Waals surface area contributed by atoms with Crippen LogP contribution in [0.25, 0.3) is 21.9 Å². The van der Waals surface area contributed by atoms with E-state index in [2.05, 4.69) is 0 Å². The molecule has 2 aromatic carbocycles. The third kappa shape index (κ3) is 3.65. The van der Waals surface area contributed by atoms with Gasteiger partial charge in [0.25, 0.3) is 0 Å². The minimum Gasteiger partial charge on any atom is -0.550 e. The van der Waals surface area contributed by atoms with Crippen LogP contribution in [0.1, 0.15) is 30.9 Å². The monoisotopic (exact) mass is 339 g/mol.